The van der Waals surface area contributed by atoms with Crippen LogP contribution >= 0.6 is 11.3 Å². The van der Waals surface area contributed by atoms with Crippen molar-refractivity contribution in [3.8, 4) is 0 Å². The van der Waals surface area contributed by atoms with Crippen molar-refractivity contribution in [1.82, 2.24) is 15.5 Å². The molecule has 0 unspecified atom stereocenters. The van der Waals surface area contributed by atoms with Crippen molar-refractivity contribution in [2.75, 3.05) is 27.7 Å². The van der Waals surface area contributed by atoms with Crippen LogP contribution in [0.2, 0.25) is 0 Å². The summed E-state index contributed by atoms with van der Waals surface area (Å²) in [6.07, 6.45) is 6.40. The molecule has 2 N–H and O–H groups in total. The van der Waals surface area contributed by atoms with Crippen LogP contribution in [0.3, 0.4) is 0 Å². The molecular formula is C23H32N4OS. The van der Waals surface area contributed by atoms with Gasteiger partial charge < -0.3 is 15.5 Å². The Labute approximate surface area is 178 Å². The molecule has 5 nitrogen and oxygen atoms in total. The zero-order valence-corrected chi connectivity index (χ0v) is 18.5. The average molecular weight is 413 g/mol. The van der Waals surface area contributed by atoms with Gasteiger partial charge in [-0.25, -0.2) is 0 Å². The minimum absolute atomic E-state index is 0.0216. The van der Waals surface area contributed by atoms with Gasteiger partial charge in [0.2, 0.25) is 0 Å². The summed E-state index contributed by atoms with van der Waals surface area (Å²) < 4.78 is 0. The third-order valence-electron chi connectivity index (χ3n) is 5.74. The van der Waals surface area contributed by atoms with E-state index in [0.717, 1.165) is 18.1 Å². The van der Waals surface area contributed by atoms with Crippen LogP contribution in [-0.4, -0.2) is 44.5 Å². The highest BCUT2D eigenvalue weighted by Gasteiger charge is 2.34. The highest BCUT2D eigenvalue weighted by atomic mass is 32.1. The second-order valence-electron chi connectivity index (χ2n) is 7.99. The van der Waals surface area contributed by atoms with Gasteiger partial charge in [-0.15, -0.1) is 11.3 Å². The Morgan fingerprint density at radius 2 is 1.83 bits per heavy atom. The van der Waals surface area contributed by atoms with Gasteiger partial charge in [0.1, 0.15) is 0 Å². The minimum Gasteiger partial charge on any atom is -0.355 e. The largest absolute Gasteiger partial charge is 0.355 e. The number of hydrogen-bond donors (Lipinski definition) is 2. The Kier molecular flexibility index (Phi) is 7.31. The van der Waals surface area contributed by atoms with Gasteiger partial charge >= 0.3 is 0 Å². The molecule has 0 bridgehead atoms. The maximum absolute atomic E-state index is 12.0. The molecule has 1 saturated carbocycles. The maximum Gasteiger partial charge on any atom is 0.253 e. The molecule has 0 saturated heterocycles. The summed E-state index contributed by atoms with van der Waals surface area (Å²) in [5, 5.41) is 9.16. The Bertz CT molecular complexity index is 806. The number of rotatable bonds is 6. The summed E-state index contributed by atoms with van der Waals surface area (Å²) in [7, 11) is 5.35. The van der Waals surface area contributed by atoms with E-state index in [1.54, 1.807) is 19.0 Å². The van der Waals surface area contributed by atoms with E-state index in [1.165, 1.54) is 37.0 Å². The second-order valence-corrected chi connectivity index (χ2v) is 8.94. The molecule has 0 spiro atoms. The van der Waals surface area contributed by atoms with Gasteiger partial charge in [-0.05, 0) is 42.0 Å². The number of thiophene rings is 1. The zero-order chi connectivity index (χ0) is 20.7. The molecule has 1 aliphatic carbocycles. The summed E-state index contributed by atoms with van der Waals surface area (Å²) in [4.78, 5) is 19.5. The van der Waals surface area contributed by atoms with E-state index < -0.39 is 0 Å². The number of aliphatic imine (C=N–C) groups is 1. The first-order chi connectivity index (χ1) is 14.0. The molecule has 1 amide bonds. The van der Waals surface area contributed by atoms with Crippen molar-refractivity contribution in [3.63, 3.8) is 0 Å². The van der Waals surface area contributed by atoms with Crippen LogP contribution in [-0.2, 0) is 12.0 Å². The van der Waals surface area contributed by atoms with Crippen molar-refractivity contribution in [1.29, 1.82) is 0 Å². The molecule has 0 radical (unpaired) electrons. The number of amides is 1. The number of guanidine groups is 1. The van der Waals surface area contributed by atoms with Crippen LogP contribution in [0.4, 0.5) is 0 Å². The van der Waals surface area contributed by atoms with Crippen molar-refractivity contribution < 1.29 is 4.79 Å². The molecule has 2 aromatic rings. The average Bonchev–Trinajstić information content (AvgIpc) is 3.30. The Balaban J connectivity index is 1.57. The Hall–Kier alpha value is -2.34. The number of carbonyl (C=O) groups excluding carboxylic acids is 1. The van der Waals surface area contributed by atoms with E-state index in [-0.39, 0.29) is 11.3 Å². The first kappa shape index (κ1) is 21.4. The lowest BCUT2D eigenvalue weighted by atomic mass is 9.73. The Morgan fingerprint density at radius 1 is 1.10 bits per heavy atom. The fourth-order valence-corrected chi connectivity index (χ4v) is 4.99. The summed E-state index contributed by atoms with van der Waals surface area (Å²) in [6.45, 7) is 1.57. The van der Waals surface area contributed by atoms with E-state index in [1.807, 2.05) is 42.6 Å². The fraction of sp³-hybridized carbons (Fsp3) is 0.478. The summed E-state index contributed by atoms with van der Waals surface area (Å²) in [6, 6.07) is 12.2. The molecule has 1 aromatic carbocycles. The first-order valence-corrected chi connectivity index (χ1v) is 11.2. The zero-order valence-electron chi connectivity index (χ0n) is 17.7. The van der Waals surface area contributed by atoms with Gasteiger partial charge in [0.25, 0.3) is 5.91 Å². The number of hydrogen-bond acceptors (Lipinski definition) is 3. The molecule has 29 heavy (non-hydrogen) atoms. The van der Waals surface area contributed by atoms with E-state index in [4.69, 9.17) is 0 Å². The standard InChI is InChI=1S/C23H32N4OS/c1-24-22(25-16-18-9-11-19(12-10-18)21(28)27(2)3)26-17-23(13-5-4-6-14-23)20-8-7-15-29-20/h7-12,15H,4-6,13-14,16-17H2,1-3H3,(H2,24,25,26). The molecule has 3 rings (SSSR count). The summed E-state index contributed by atoms with van der Waals surface area (Å²) in [5.41, 5.74) is 2.04. The molecule has 1 fully saturated rings. The van der Waals surface area contributed by atoms with Gasteiger partial charge in [-0.1, -0.05) is 37.5 Å². The molecule has 0 atom stereocenters. The van der Waals surface area contributed by atoms with Crippen LogP contribution in [0.25, 0.3) is 0 Å². The molecule has 0 aliphatic heterocycles. The van der Waals surface area contributed by atoms with Gasteiger partial charge in [0.05, 0.1) is 0 Å². The lowest BCUT2D eigenvalue weighted by Gasteiger charge is -2.37. The topological polar surface area (TPSA) is 56.7 Å². The summed E-state index contributed by atoms with van der Waals surface area (Å²) in [5.74, 6) is 0.841. The fourth-order valence-electron chi connectivity index (χ4n) is 4.00. The molecule has 1 aromatic heterocycles. The summed E-state index contributed by atoms with van der Waals surface area (Å²) >= 11 is 1.87. The van der Waals surface area contributed by atoms with Crippen LogP contribution < -0.4 is 10.6 Å². The molecule has 1 heterocycles. The van der Waals surface area contributed by atoms with Crippen LogP contribution in [0, 0.1) is 0 Å². The molecule has 6 heteroatoms. The normalized spacial score (nSPS) is 16.3. The smallest absolute Gasteiger partial charge is 0.253 e. The number of carbonyl (C=O) groups is 1. The number of benzene rings is 1. The highest BCUT2D eigenvalue weighted by Crippen LogP contribution is 2.41. The predicted molar refractivity (Wildman–Crippen MR) is 122 cm³/mol. The number of nitrogens with zero attached hydrogens (tertiary/aromatic N) is 2. The monoisotopic (exact) mass is 412 g/mol. The van der Waals surface area contributed by atoms with Crippen molar-refractivity contribution in [2.24, 2.45) is 4.99 Å². The van der Waals surface area contributed by atoms with Gasteiger partial charge in [-0.3, -0.25) is 9.79 Å². The van der Waals surface area contributed by atoms with Crippen molar-refractivity contribution >= 4 is 23.2 Å². The Morgan fingerprint density at radius 3 is 2.41 bits per heavy atom. The van der Waals surface area contributed by atoms with Gasteiger partial charge in [0, 0.05) is 50.1 Å². The van der Waals surface area contributed by atoms with E-state index in [0.29, 0.717) is 12.1 Å². The third kappa shape index (κ3) is 5.38. The van der Waals surface area contributed by atoms with Crippen LogP contribution in [0.15, 0.2) is 46.8 Å². The van der Waals surface area contributed by atoms with Crippen molar-refractivity contribution in [2.45, 2.75) is 44.1 Å². The number of nitrogens with one attached hydrogen (secondary N) is 2. The van der Waals surface area contributed by atoms with Crippen molar-refractivity contribution in [3.05, 3.63) is 57.8 Å². The van der Waals surface area contributed by atoms with Crippen LogP contribution in [0.1, 0.15) is 52.9 Å². The van der Waals surface area contributed by atoms with E-state index in [9.17, 15) is 4.79 Å². The van der Waals surface area contributed by atoms with Gasteiger partial charge in [-0.2, -0.15) is 0 Å². The first-order valence-electron chi connectivity index (χ1n) is 10.3. The highest BCUT2D eigenvalue weighted by molar-refractivity contribution is 7.10. The molecule has 156 valence electrons. The van der Waals surface area contributed by atoms with E-state index in [2.05, 4.69) is 33.1 Å². The molecular weight excluding hydrogens is 380 g/mol. The minimum atomic E-state index is 0.0216. The lowest BCUT2D eigenvalue weighted by molar-refractivity contribution is 0.0827. The maximum atomic E-state index is 12.0. The lowest BCUT2D eigenvalue weighted by Crippen LogP contribution is -2.46. The predicted octanol–water partition coefficient (Wildman–Crippen LogP) is 4.02. The molecule has 1 aliphatic rings. The van der Waals surface area contributed by atoms with Gasteiger partial charge in [0.15, 0.2) is 5.96 Å². The quantitative estimate of drug-likeness (QED) is 0.557. The van der Waals surface area contributed by atoms with E-state index >= 15 is 0 Å². The van der Waals surface area contributed by atoms with Crippen LogP contribution in [0.5, 0.6) is 0 Å². The third-order valence-corrected chi connectivity index (χ3v) is 6.86. The SMILES string of the molecule is CN=C(NCc1ccc(C(=O)N(C)C)cc1)NCC1(c2cccs2)CCCCC1. The second kappa shape index (κ2) is 9.92.